The lowest BCUT2D eigenvalue weighted by atomic mass is 10.3. The third-order valence-electron chi connectivity index (χ3n) is 3.51. The molecule has 22 heavy (non-hydrogen) atoms. The molecule has 1 aliphatic heterocycles. The van der Waals surface area contributed by atoms with Crippen LogP contribution < -0.4 is 0 Å². The number of carbonyl (C=O) groups is 1. The maximum Gasteiger partial charge on any atom is 0.349 e. The molecule has 1 saturated heterocycles. The van der Waals surface area contributed by atoms with E-state index in [0.29, 0.717) is 13.0 Å². The quantitative estimate of drug-likeness (QED) is 0.762. The molecule has 0 N–H and O–H groups in total. The fraction of sp³-hybridized carbons (Fsp3) is 0.417. The van der Waals surface area contributed by atoms with Gasteiger partial charge in [0, 0.05) is 13.1 Å². The van der Waals surface area contributed by atoms with Gasteiger partial charge >= 0.3 is 5.97 Å². The number of hydrogen-bond donors (Lipinski definition) is 0. The van der Waals surface area contributed by atoms with Crippen LogP contribution in [0.1, 0.15) is 22.1 Å². The number of methoxy groups -OCH3 is 1. The number of carbonyl (C=O) groups excluding carboxylic acids is 1. The van der Waals surface area contributed by atoms with Gasteiger partial charge in [-0.2, -0.15) is 19.3 Å². The van der Waals surface area contributed by atoms with Gasteiger partial charge in [0.2, 0.25) is 10.0 Å². The summed E-state index contributed by atoms with van der Waals surface area (Å²) in [7, 11) is -2.50. The molecule has 118 valence electrons. The van der Waals surface area contributed by atoms with Gasteiger partial charge < -0.3 is 4.74 Å². The maximum atomic E-state index is 12.7. The Morgan fingerprint density at radius 3 is 2.82 bits per heavy atom. The van der Waals surface area contributed by atoms with Crippen LogP contribution in [0.3, 0.4) is 0 Å². The summed E-state index contributed by atoms with van der Waals surface area (Å²) < 4.78 is 31.4. The number of nitrogens with zero attached hydrogens (tertiary/aromatic N) is 4. The van der Waals surface area contributed by atoms with E-state index >= 15 is 0 Å². The third kappa shape index (κ3) is 2.53. The average Bonchev–Trinajstić information content (AvgIpc) is 3.25. The van der Waals surface area contributed by atoms with Crippen LogP contribution in [0, 0.1) is 0 Å². The second-order valence-electron chi connectivity index (χ2n) is 4.76. The molecule has 10 heteroatoms. The fourth-order valence-corrected chi connectivity index (χ4v) is 5.21. The highest BCUT2D eigenvalue weighted by molar-refractivity contribution is 7.89. The van der Waals surface area contributed by atoms with Crippen LogP contribution in [-0.4, -0.2) is 53.9 Å². The summed E-state index contributed by atoms with van der Waals surface area (Å²) in [6, 6.07) is 1.34. The number of hydrogen-bond acceptors (Lipinski definition) is 7. The number of esters is 1. The van der Waals surface area contributed by atoms with E-state index in [-0.39, 0.29) is 22.4 Å². The SMILES string of the molecule is COC(=O)c1sccc1S(=O)(=O)N1CCC(n2nccn2)C1. The minimum absolute atomic E-state index is 0.00146. The van der Waals surface area contributed by atoms with E-state index in [1.54, 1.807) is 17.8 Å². The largest absolute Gasteiger partial charge is 0.465 e. The van der Waals surface area contributed by atoms with Crippen molar-refractivity contribution >= 4 is 27.3 Å². The molecule has 0 amide bonds. The van der Waals surface area contributed by atoms with Crippen LogP contribution >= 0.6 is 11.3 Å². The minimum Gasteiger partial charge on any atom is -0.465 e. The Kier molecular flexibility index (Phi) is 3.98. The topological polar surface area (TPSA) is 94.4 Å². The Morgan fingerprint density at radius 1 is 1.41 bits per heavy atom. The zero-order chi connectivity index (χ0) is 15.7. The van der Waals surface area contributed by atoms with Crippen LogP contribution in [0.4, 0.5) is 0 Å². The second kappa shape index (κ2) is 5.78. The summed E-state index contributed by atoms with van der Waals surface area (Å²) in [6.07, 6.45) is 3.75. The number of thiophene rings is 1. The van der Waals surface area contributed by atoms with Crippen molar-refractivity contribution < 1.29 is 17.9 Å². The molecular weight excluding hydrogens is 328 g/mol. The summed E-state index contributed by atoms with van der Waals surface area (Å²) in [5.41, 5.74) is 0. The highest BCUT2D eigenvalue weighted by Crippen LogP contribution is 2.30. The smallest absolute Gasteiger partial charge is 0.349 e. The lowest BCUT2D eigenvalue weighted by Crippen LogP contribution is -2.30. The predicted octanol–water partition coefficient (Wildman–Crippen LogP) is 0.762. The van der Waals surface area contributed by atoms with Crippen molar-refractivity contribution in [3.05, 3.63) is 28.7 Å². The highest BCUT2D eigenvalue weighted by atomic mass is 32.2. The molecule has 1 aliphatic rings. The van der Waals surface area contributed by atoms with E-state index in [0.717, 1.165) is 11.3 Å². The first-order chi connectivity index (χ1) is 10.5. The summed E-state index contributed by atoms with van der Waals surface area (Å²) >= 11 is 1.06. The van der Waals surface area contributed by atoms with Gasteiger partial charge in [-0.25, -0.2) is 13.2 Å². The molecule has 1 unspecified atom stereocenters. The van der Waals surface area contributed by atoms with Crippen LogP contribution in [0.5, 0.6) is 0 Å². The lowest BCUT2D eigenvalue weighted by molar-refractivity contribution is 0.0602. The molecule has 3 heterocycles. The van der Waals surface area contributed by atoms with Crippen LogP contribution in [0.15, 0.2) is 28.7 Å². The van der Waals surface area contributed by atoms with Gasteiger partial charge in [0.25, 0.3) is 0 Å². The minimum atomic E-state index is -3.73. The molecule has 1 atom stereocenters. The van der Waals surface area contributed by atoms with Crippen molar-refractivity contribution in [2.45, 2.75) is 17.4 Å². The summed E-state index contributed by atoms with van der Waals surface area (Å²) in [5.74, 6) is -0.641. The van der Waals surface area contributed by atoms with E-state index in [4.69, 9.17) is 0 Å². The number of rotatable bonds is 4. The van der Waals surface area contributed by atoms with Gasteiger partial charge in [-0.05, 0) is 17.9 Å². The molecule has 0 aromatic carbocycles. The average molecular weight is 342 g/mol. The van der Waals surface area contributed by atoms with Gasteiger partial charge in [-0.1, -0.05) is 0 Å². The lowest BCUT2D eigenvalue weighted by Gasteiger charge is -2.16. The molecule has 3 rings (SSSR count). The van der Waals surface area contributed by atoms with Crippen molar-refractivity contribution in [3.8, 4) is 0 Å². The molecule has 0 aliphatic carbocycles. The standard InChI is InChI=1S/C12H14N4O4S2/c1-20-12(17)11-10(3-7-21-11)22(18,19)15-6-2-9(8-15)16-13-4-5-14-16/h3-5,7,9H,2,6,8H2,1H3. The van der Waals surface area contributed by atoms with E-state index in [2.05, 4.69) is 14.9 Å². The summed E-state index contributed by atoms with van der Waals surface area (Å²) in [6.45, 7) is 0.651. The van der Waals surface area contributed by atoms with Crippen molar-refractivity contribution in [1.29, 1.82) is 0 Å². The third-order valence-corrected chi connectivity index (χ3v) is 6.44. The van der Waals surface area contributed by atoms with Gasteiger partial charge in [0.05, 0.1) is 25.5 Å². The molecule has 0 saturated carbocycles. The Morgan fingerprint density at radius 2 is 2.14 bits per heavy atom. The molecule has 0 radical (unpaired) electrons. The molecule has 2 aromatic rings. The van der Waals surface area contributed by atoms with Crippen LogP contribution in [-0.2, 0) is 14.8 Å². The van der Waals surface area contributed by atoms with Gasteiger partial charge in [-0.3, -0.25) is 0 Å². The van der Waals surface area contributed by atoms with E-state index in [1.807, 2.05) is 0 Å². The highest BCUT2D eigenvalue weighted by Gasteiger charge is 2.36. The van der Waals surface area contributed by atoms with Gasteiger partial charge in [0.1, 0.15) is 9.77 Å². The molecule has 8 nitrogen and oxygen atoms in total. The maximum absolute atomic E-state index is 12.7. The van der Waals surface area contributed by atoms with Crippen LogP contribution in [0.2, 0.25) is 0 Å². The predicted molar refractivity (Wildman–Crippen MR) is 78.1 cm³/mol. The van der Waals surface area contributed by atoms with E-state index in [9.17, 15) is 13.2 Å². The number of aromatic nitrogens is 3. The molecule has 1 fully saturated rings. The van der Waals surface area contributed by atoms with Crippen molar-refractivity contribution in [2.24, 2.45) is 0 Å². The van der Waals surface area contributed by atoms with Crippen LogP contribution in [0.25, 0.3) is 0 Å². The Bertz CT molecular complexity index is 769. The Hall–Kier alpha value is -1.78. The number of sulfonamides is 1. The zero-order valence-electron chi connectivity index (χ0n) is 11.7. The Labute approximate surface area is 131 Å². The number of ether oxygens (including phenoxy) is 1. The molecule has 0 spiro atoms. The second-order valence-corrected chi connectivity index (χ2v) is 7.58. The van der Waals surface area contributed by atoms with Crippen molar-refractivity contribution in [3.63, 3.8) is 0 Å². The first kappa shape index (κ1) is 15.1. The first-order valence-electron chi connectivity index (χ1n) is 6.56. The zero-order valence-corrected chi connectivity index (χ0v) is 13.4. The van der Waals surface area contributed by atoms with Crippen molar-refractivity contribution in [1.82, 2.24) is 19.3 Å². The van der Waals surface area contributed by atoms with E-state index in [1.165, 1.54) is 22.3 Å². The van der Waals surface area contributed by atoms with E-state index < -0.39 is 16.0 Å². The monoisotopic (exact) mass is 342 g/mol. The van der Waals surface area contributed by atoms with Crippen molar-refractivity contribution in [2.75, 3.05) is 20.2 Å². The molecule has 2 aromatic heterocycles. The Balaban J connectivity index is 1.86. The van der Waals surface area contributed by atoms with Gasteiger partial charge in [-0.15, -0.1) is 11.3 Å². The fourth-order valence-electron chi connectivity index (χ4n) is 2.41. The summed E-state index contributed by atoms with van der Waals surface area (Å²) in [4.78, 5) is 13.3. The molecular formula is C12H14N4O4S2. The van der Waals surface area contributed by atoms with Gasteiger partial charge in [0.15, 0.2) is 0 Å². The molecule has 0 bridgehead atoms. The normalized spacial score (nSPS) is 19.4. The summed E-state index contributed by atoms with van der Waals surface area (Å²) in [5, 5.41) is 9.67. The first-order valence-corrected chi connectivity index (χ1v) is 8.87.